The molecule has 1 heterocycles. The van der Waals surface area contributed by atoms with Gasteiger partial charge in [-0.15, -0.1) is 0 Å². The molecule has 2 aromatic carbocycles. The fourth-order valence-corrected chi connectivity index (χ4v) is 2.66. The Labute approximate surface area is 118 Å². The smallest absolute Gasteiger partial charge is 0.195 e. The van der Waals surface area contributed by atoms with Crippen molar-refractivity contribution in [2.75, 3.05) is 0 Å². The molecule has 0 saturated heterocycles. The van der Waals surface area contributed by atoms with E-state index in [1.807, 2.05) is 51.1 Å². The number of hydrogen-bond donors (Lipinski definition) is 1. The number of H-pyrrole nitrogens is 1. The molecule has 20 heavy (non-hydrogen) atoms. The summed E-state index contributed by atoms with van der Waals surface area (Å²) in [6.45, 7) is 6.00. The van der Waals surface area contributed by atoms with E-state index in [0.29, 0.717) is 0 Å². The fourth-order valence-electron chi connectivity index (χ4n) is 2.66. The van der Waals surface area contributed by atoms with Gasteiger partial charge in [0.05, 0.1) is 5.56 Å². The van der Waals surface area contributed by atoms with Crippen molar-refractivity contribution in [1.82, 2.24) is 4.98 Å². The number of aryl methyl sites for hydroxylation is 3. The largest absolute Gasteiger partial charge is 0.358 e. The molecular formula is C18H17NO. The van der Waals surface area contributed by atoms with Crippen molar-refractivity contribution in [2.24, 2.45) is 0 Å². The zero-order chi connectivity index (χ0) is 14.3. The molecule has 2 heteroatoms. The van der Waals surface area contributed by atoms with Gasteiger partial charge in [-0.25, -0.2) is 0 Å². The fraction of sp³-hybridized carbons (Fsp3) is 0.167. The van der Waals surface area contributed by atoms with E-state index in [-0.39, 0.29) is 5.78 Å². The van der Waals surface area contributed by atoms with Crippen LogP contribution in [0.2, 0.25) is 0 Å². The molecule has 1 N–H and O–H groups in total. The first-order valence-corrected chi connectivity index (χ1v) is 6.76. The van der Waals surface area contributed by atoms with Crippen molar-refractivity contribution in [1.29, 1.82) is 0 Å². The van der Waals surface area contributed by atoms with Crippen LogP contribution in [-0.4, -0.2) is 10.8 Å². The van der Waals surface area contributed by atoms with Gasteiger partial charge in [-0.3, -0.25) is 4.79 Å². The van der Waals surface area contributed by atoms with Crippen LogP contribution in [0.3, 0.4) is 0 Å². The zero-order valence-electron chi connectivity index (χ0n) is 11.9. The molecule has 100 valence electrons. The van der Waals surface area contributed by atoms with E-state index in [9.17, 15) is 4.79 Å². The number of benzene rings is 2. The minimum Gasteiger partial charge on any atom is -0.358 e. The van der Waals surface area contributed by atoms with Crippen molar-refractivity contribution in [3.05, 3.63) is 70.4 Å². The molecule has 0 radical (unpaired) electrons. The minimum atomic E-state index is 0.0862. The Morgan fingerprint density at radius 2 is 1.70 bits per heavy atom. The van der Waals surface area contributed by atoms with E-state index in [2.05, 4.69) is 17.1 Å². The van der Waals surface area contributed by atoms with Crippen molar-refractivity contribution >= 4 is 16.7 Å². The summed E-state index contributed by atoms with van der Waals surface area (Å²) in [5.41, 5.74) is 5.74. The van der Waals surface area contributed by atoms with Crippen LogP contribution in [0.1, 0.15) is 32.7 Å². The second kappa shape index (κ2) is 4.64. The maximum Gasteiger partial charge on any atom is 0.195 e. The van der Waals surface area contributed by atoms with Crippen LogP contribution < -0.4 is 0 Å². The van der Waals surface area contributed by atoms with Gasteiger partial charge in [-0.1, -0.05) is 35.4 Å². The van der Waals surface area contributed by atoms with Crippen LogP contribution in [0, 0.1) is 20.8 Å². The van der Waals surface area contributed by atoms with Gasteiger partial charge in [0.15, 0.2) is 5.78 Å². The third-order valence-electron chi connectivity index (χ3n) is 3.65. The molecule has 3 rings (SSSR count). The van der Waals surface area contributed by atoms with Crippen molar-refractivity contribution in [3.63, 3.8) is 0 Å². The van der Waals surface area contributed by atoms with Crippen molar-refractivity contribution in [3.8, 4) is 0 Å². The topological polar surface area (TPSA) is 32.9 Å². The minimum absolute atomic E-state index is 0.0862. The van der Waals surface area contributed by atoms with E-state index >= 15 is 0 Å². The standard InChI is InChI=1S/C18H17NO/c1-11-5-4-6-14(9-11)18(20)17-13(3)19-16-8-7-12(2)10-15(16)17/h4-10,19H,1-3H3. The summed E-state index contributed by atoms with van der Waals surface area (Å²) in [7, 11) is 0. The van der Waals surface area contributed by atoms with Crippen LogP contribution in [0.5, 0.6) is 0 Å². The Balaban J connectivity index is 2.21. The lowest BCUT2D eigenvalue weighted by molar-refractivity contribution is 0.103. The number of nitrogens with one attached hydrogen (secondary N) is 1. The van der Waals surface area contributed by atoms with Crippen molar-refractivity contribution < 1.29 is 4.79 Å². The molecule has 1 aromatic heterocycles. The first kappa shape index (κ1) is 12.7. The van der Waals surface area contributed by atoms with Gasteiger partial charge in [0.2, 0.25) is 0 Å². The molecule has 0 spiro atoms. The van der Waals surface area contributed by atoms with E-state index in [4.69, 9.17) is 0 Å². The second-order valence-electron chi connectivity index (χ2n) is 5.37. The first-order chi connectivity index (χ1) is 9.56. The lowest BCUT2D eigenvalue weighted by Gasteiger charge is -2.03. The predicted octanol–water partition coefficient (Wildman–Crippen LogP) is 4.32. The molecule has 0 fully saturated rings. The molecule has 2 nitrogen and oxygen atoms in total. The van der Waals surface area contributed by atoms with E-state index in [0.717, 1.165) is 38.9 Å². The molecule has 0 saturated carbocycles. The summed E-state index contributed by atoms with van der Waals surface area (Å²) in [5.74, 6) is 0.0862. The van der Waals surface area contributed by atoms with E-state index in [1.54, 1.807) is 0 Å². The van der Waals surface area contributed by atoms with Crippen molar-refractivity contribution in [2.45, 2.75) is 20.8 Å². The van der Waals surface area contributed by atoms with Crippen LogP contribution in [0.4, 0.5) is 0 Å². The SMILES string of the molecule is Cc1cccc(C(=O)c2c(C)[nH]c3ccc(C)cc23)c1. The Kier molecular flexibility index (Phi) is 2.94. The first-order valence-electron chi connectivity index (χ1n) is 6.76. The average molecular weight is 263 g/mol. The summed E-state index contributed by atoms with van der Waals surface area (Å²) >= 11 is 0. The zero-order valence-corrected chi connectivity index (χ0v) is 11.9. The Bertz CT molecular complexity index is 811. The van der Waals surface area contributed by atoms with E-state index in [1.165, 1.54) is 0 Å². The highest BCUT2D eigenvalue weighted by Crippen LogP contribution is 2.26. The monoisotopic (exact) mass is 263 g/mol. The third kappa shape index (κ3) is 2.03. The summed E-state index contributed by atoms with van der Waals surface area (Å²) in [6, 6.07) is 13.9. The van der Waals surface area contributed by atoms with Gasteiger partial charge in [-0.2, -0.15) is 0 Å². The van der Waals surface area contributed by atoms with Gasteiger partial charge < -0.3 is 4.98 Å². The number of carbonyl (C=O) groups excluding carboxylic acids is 1. The van der Waals surface area contributed by atoms with Gasteiger partial charge in [0.25, 0.3) is 0 Å². The highest BCUT2D eigenvalue weighted by atomic mass is 16.1. The summed E-state index contributed by atoms with van der Waals surface area (Å²) in [5, 5.41) is 1.01. The van der Waals surface area contributed by atoms with Crippen LogP contribution in [0.15, 0.2) is 42.5 Å². The van der Waals surface area contributed by atoms with Gasteiger partial charge in [0.1, 0.15) is 0 Å². The van der Waals surface area contributed by atoms with Gasteiger partial charge >= 0.3 is 0 Å². The third-order valence-corrected chi connectivity index (χ3v) is 3.65. The lowest BCUT2D eigenvalue weighted by Crippen LogP contribution is -2.02. The Hall–Kier alpha value is -2.35. The summed E-state index contributed by atoms with van der Waals surface area (Å²) < 4.78 is 0. The highest BCUT2D eigenvalue weighted by Gasteiger charge is 2.17. The molecule has 0 bridgehead atoms. The Morgan fingerprint density at radius 1 is 0.950 bits per heavy atom. The maximum absolute atomic E-state index is 12.8. The molecule has 0 amide bonds. The lowest BCUT2D eigenvalue weighted by atomic mass is 9.98. The number of fused-ring (bicyclic) bond motifs is 1. The van der Waals surface area contributed by atoms with Gasteiger partial charge in [-0.05, 0) is 39.0 Å². The van der Waals surface area contributed by atoms with E-state index < -0.39 is 0 Å². The number of aromatic nitrogens is 1. The molecule has 0 unspecified atom stereocenters. The van der Waals surface area contributed by atoms with Gasteiger partial charge in [0, 0.05) is 22.2 Å². The number of rotatable bonds is 2. The number of aromatic amines is 1. The van der Waals surface area contributed by atoms with Crippen LogP contribution >= 0.6 is 0 Å². The normalized spacial score (nSPS) is 10.9. The predicted molar refractivity (Wildman–Crippen MR) is 82.4 cm³/mol. The molecule has 0 aliphatic rings. The molecule has 0 atom stereocenters. The van der Waals surface area contributed by atoms with Crippen LogP contribution in [-0.2, 0) is 0 Å². The second-order valence-corrected chi connectivity index (χ2v) is 5.37. The molecular weight excluding hydrogens is 246 g/mol. The average Bonchev–Trinajstić information content (AvgIpc) is 2.73. The maximum atomic E-state index is 12.8. The Morgan fingerprint density at radius 3 is 2.45 bits per heavy atom. The molecule has 3 aromatic rings. The number of carbonyl (C=O) groups is 1. The molecule has 0 aliphatic carbocycles. The number of hydrogen-bond acceptors (Lipinski definition) is 1. The molecule has 0 aliphatic heterocycles. The summed E-state index contributed by atoms with van der Waals surface area (Å²) in [6.07, 6.45) is 0. The number of ketones is 1. The quantitative estimate of drug-likeness (QED) is 0.686. The highest BCUT2D eigenvalue weighted by molar-refractivity contribution is 6.17. The summed E-state index contributed by atoms with van der Waals surface area (Å²) in [4.78, 5) is 16.1. The van der Waals surface area contributed by atoms with Crippen LogP contribution in [0.25, 0.3) is 10.9 Å².